The van der Waals surface area contributed by atoms with Crippen LogP contribution in [0.2, 0.25) is 0 Å². The fourth-order valence-corrected chi connectivity index (χ4v) is 1.57. The molecule has 2 aromatic heterocycles. The fourth-order valence-electron chi connectivity index (χ4n) is 1.57. The summed E-state index contributed by atoms with van der Waals surface area (Å²) >= 11 is 0. The Morgan fingerprint density at radius 3 is 3.00 bits per heavy atom. The molecule has 2 aromatic rings. The molecule has 0 amide bonds. The smallest absolute Gasteiger partial charge is 0.347 e. The van der Waals surface area contributed by atoms with Crippen molar-refractivity contribution in [3.63, 3.8) is 0 Å². The highest BCUT2D eigenvalue weighted by Gasteiger charge is 2.01. The van der Waals surface area contributed by atoms with E-state index in [1.54, 1.807) is 23.2 Å². The van der Waals surface area contributed by atoms with Crippen LogP contribution in [0.1, 0.15) is 11.3 Å². The van der Waals surface area contributed by atoms with E-state index in [0.29, 0.717) is 6.54 Å². The van der Waals surface area contributed by atoms with Crippen LogP contribution in [0.3, 0.4) is 0 Å². The third-order valence-electron chi connectivity index (χ3n) is 2.42. The molecule has 0 atom stereocenters. The molecule has 0 spiro atoms. The van der Waals surface area contributed by atoms with Gasteiger partial charge in [0.25, 0.3) is 0 Å². The maximum atomic E-state index is 11.5. The summed E-state index contributed by atoms with van der Waals surface area (Å²) in [5.74, 6) is 0. The van der Waals surface area contributed by atoms with E-state index in [9.17, 15) is 4.79 Å². The van der Waals surface area contributed by atoms with Crippen LogP contribution in [-0.4, -0.2) is 21.6 Å². The van der Waals surface area contributed by atoms with E-state index in [1.807, 2.05) is 26.1 Å². The third kappa shape index (κ3) is 2.69. The minimum atomic E-state index is -0.257. The number of hydrogen-bond acceptors (Lipinski definition) is 4. The number of aromatic nitrogens is 3. The molecule has 5 nitrogen and oxygen atoms in total. The van der Waals surface area contributed by atoms with Gasteiger partial charge in [-0.2, -0.15) is 0 Å². The van der Waals surface area contributed by atoms with Gasteiger partial charge in [0.2, 0.25) is 0 Å². The molecule has 17 heavy (non-hydrogen) atoms. The lowest BCUT2D eigenvalue weighted by Crippen LogP contribution is -2.23. The van der Waals surface area contributed by atoms with Crippen molar-refractivity contribution < 1.29 is 0 Å². The van der Waals surface area contributed by atoms with Gasteiger partial charge in [0.05, 0.1) is 12.2 Å². The Morgan fingerprint density at radius 1 is 1.41 bits per heavy atom. The van der Waals surface area contributed by atoms with Crippen LogP contribution in [-0.2, 0) is 6.54 Å². The van der Waals surface area contributed by atoms with Crippen molar-refractivity contribution in [2.75, 3.05) is 12.4 Å². The van der Waals surface area contributed by atoms with Crippen LogP contribution in [0.25, 0.3) is 0 Å². The number of hydrogen-bond donors (Lipinski definition) is 1. The quantitative estimate of drug-likeness (QED) is 0.855. The van der Waals surface area contributed by atoms with Crippen molar-refractivity contribution in [3.05, 3.63) is 52.5 Å². The van der Waals surface area contributed by atoms with Crippen molar-refractivity contribution >= 4 is 5.69 Å². The molecule has 0 aromatic carbocycles. The fraction of sp³-hybridized carbons (Fsp3) is 0.250. The molecular weight excluding hydrogens is 216 g/mol. The normalized spacial score (nSPS) is 10.2. The van der Waals surface area contributed by atoms with Gasteiger partial charge in [-0.15, -0.1) is 0 Å². The van der Waals surface area contributed by atoms with Gasteiger partial charge in [-0.3, -0.25) is 9.55 Å². The largest absolute Gasteiger partial charge is 0.388 e. The highest BCUT2D eigenvalue weighted by Crippen LogP contribution is 2.07. The first-order valence-electron chi connectivity index (χ1n) is 5.35. The Labute approximate surface area is 99.2 Å². The van der Waals surface area contributed by atoms with Gasteiger partial charge in [-0.1, -0.05) is 0 Å². The molecule has 0 radical (unpaired) electrons. The number of rotatable bonds is 3. The van der Waals surface area contributed by atoms with Crippen molar-refractivity contribution in [2.24, 2.45) is 0 Å². The lowest BCUT2D eigenvalue weighted by Gasteiger charge is -2.06. The number of pyridine rings is 1. The third-order valence-corrected chi connectivity index (χ3v) is 2.42. The van der Waals surface area contributed by atoms with Crippen molar-refractivity contribution in [1.29, 1.82) is 0 Å². The molecule has 0 aliphatic rings. The highest BCUT2D eigenvalue weighted by molar-refractivity contribution is 5.42. The summed E-state index contributed by atoms with van der Waals surface area (Å²) in [6, 6.07) is 3.79. The van der Waals surface area contributed by atoms with E-state index in [0.717, 1.165) is 16.9 Å². The minimum absolute atomic E-state index is 0.257. The number of anilines is 1. The zero-order chi connectivity index (χ0) is 12.3. The van der Waals surface area contributed by atoms with E-state index in [4.69, 9.17) is 0 Å². The zero-order valence-corrected chi connectivity index (χ0v) is 9.84. The first kappa shape index (κ1) is 11.3. The maximum Gasteiger partial charge on any atom is 0.347 e. The van der Waals surface area contributed by atoms with Gasteiger partial charge in [-0.05, 0) is 24.6 Å². The Bertz CT molecular complexity index is 577. The molecule has 0 unspecified atom stereocenters. The predicted octanol–water partition coefficient (Wildman–Crippen LogP) is 1.04. The molecule has 0 aliphatic carbocycles. The molecule has 88 valence electrons. The summed E-state index contributed by atoms with van der Waals surface area (Å²) in [6.45, 7) is 2.34. The SMILES string of the molecule is CNc1ccnc(Cn2cc(C)cnc2=O)c1. The average molecular weight is 230 g/mol. The van der Waals surface area contributed by atoms with Gasteiger partial charge in [0.15, 0.2) is 0 Å². The second-order valence-corrected chi connectivity index (χ2v) is 3.83. The van der Waals surface area contributed by atoms with Crippen LogP contribution in [0.5, 0.6) is 0 Å². The molecule has 0 saturated heterocycles. The van der Waals surface area contributed by atoms with Crippen LogP contribution in [0, 0.1) is 6.92 Å². The Balaban J connectivity index is 2.31. The van der Waals surface area contributed by atoms with Gasteiger partial charge >= 0.3 is 5.69 Å². The highest BCUT2D eigenvalue weighted by atomic mass is 16.1. The molecule has 0 fully saturated rings. The van der Waals surface area contributed by atoms with Crippen LogP contribution in [0.15, 0.2) is 35.5 Å². The molecule has 0 saturated carbocycles. The van der Waals surface area contributed by atoms with E-state index < -0.39 is 0 Å². The van der Waals surface area contributed by atoms with E-state index in [1.165, 1.54) is 0 Å². The van der Waals surface area contributed by atoms with Gasteiger partial charge in [0.1, 0.15) is 0 Å². The van der Waals surface area contributed by atoms with Gasteiger partial charge in [-0.25, -0.2) is 9.78 Å². The molecule has 5 heteroatoms. The van der Waals surface area contributed by atoms with Crippen LogP contribution < -0.4 is 11.0 Å². The predicted molar refractivity (Wildman–Crippen MR) is 66.1 cm³/mol. The molecule has 1 N–H and O–H groups in total. The van der Waals surface area contributed by atoms with E-state index in [-0.39, 0.29) is 5.69 Å². The van der Waals surface area contributed by atoms with E-state index >= 15 is 0 Å². The summed E-state index contributed by atoms with van der Waals surface area (Å²) in [6.07, 6.45) is 5.06. The molecule has 0 aliphatic heterocycles. The first-order chi connectivity index (χ1) is 8.19. The summed E-state index contributed by atoms with van der Waals surface area (Å²) in [4.78, 5) is 19.5. The number of nitrogens with zero attached hydrogens (tertiary/aromatic N) is 3. The Morgan fingerprint density at radius 2 is 2.24 bits per heavy atom. The van der Waals surface area contributed by atoms with Crippen LogP contribution >= 0.6 is 0 Å². The first-order valence-corrected chi connectivity index (χ1v) is 5.35. The summed E-state index contributed by atoms with van der Waals surface area (Å²) in [5, 5.41) is 3.04. The molecular formula is C12H14N4O. The number of nitrogens with one attached hydrogen (secondary N) is 1. The van der Waals surface area contributed by atoms with Crippen molar-refractivity contribution in [1.82, 2.24) is 14.5 Å². The minimum Gasteiger partial charge on any atom is -0.388 e. The second kappa shape index (κ2) is 4.78. The Hall–Kier alpha value is -2.17. The van der Waals surface area contributed by atoms with Crippen LogP contribution in [0.4, 0.5) is 5.69 Å². The standard InChI is InChI=1S/C12H14N4O/c1-9-6-15-12(17)16(7-9)8-11-5-10(13-2)3-4-14-11/h3-7H,8H2,1-2H3,(H,13,14). The molecule has 0 bridgehead atoms. The Kier molecular flexibility index (Phi) is 3.18. The van der Waals surface area contributed by atoms with E-state index in [2.05, 4.69) is 15.3 Å². The summed E-state index contributed by atoms with van der Waals surface area (Å²) in [5.41, 5.74) is 2.50. The second-order valence-electron chi connectivity index (χ2n) is 3.83. The van der Waals surface area contributed by atoms with Gasteiger partial charge in [0, 0.05) is 31.3 Å². The maximum absolute atomic E-state index is 11.5. The molecule has 2 rings (SSSR count). The lowest BCUT2D eigenvalue weighted by molar-refractivity contribution is 0.706. The van der Waals surface area contributed by atoms with Crippen molar-refractivity contribution in [3.8, 4) is 0 Å². The topological polar surface area (TPSA) is 59.8 Å². The van der Waals surface area contributed by atoms with Crippen molar-refractivity contribution in [2.45, 2.75) is 13.5 Å². The summed E-state index contributed by atoms with van der Waals surface area (Å²) in [7, 11) is 1.85. The monoisotopic (exact) mass is 230 g/mol. The van der Waals surface area contributed by atoms with Gasteiger partial charge < -0.3 is 5.32 Å². The zero-order valence-electron chi connectivity index (χ0n) is 9.84. The molecule has 2 heterocycles. The number of aryl methyl sites for hydroxylation is 1. The average Bonchev–Trinajstić information content (AvgIpc) is 2.34. The summed E-state index contributed by atoms with van der Waals surface area (Å²) < 4.78 is 1.55. The lowest BCUT2D eigenvalue weighted by atomic mass is 10.3.